The Morgan fingerprint density at radius 3 is 2.62 bits per heavy atom. The van der Waals surface area contributed by atoms with E-state index in [0.29, 0.717) is 0 Å². The summed E-state index contributed by atoms with van der Waals surface area (Å²) in [5.74, 6) is -0.825. The van der Waals surface area contributed by atoms with Crippen LogP contribution >= 0.6 is 0 Å². The van der Waals surface area contributed by atoms with Crippen LogP contribution in [0.25, 0.3) is 0 Å². The predicted octanol–water partition coefficient (Wildman–Crippen LogP) is 1.36. The molecule has 2 N–H and O–H groups in total. The van der Waals surface area contributed by atoms with Crippen LogP contribution in [0.2, 0.25) is 0 Å². The van der Waals surface area contributed by atoms with Crippen molar-refractivity contribution in [3.63, 3.8) is 0 Å². The van der Waals surface area contributed by atoms with Crippen molar-refractivity contribution in [2.45, 2.75) is 56.4 Å². The number of benzene rings is 1. The molecule has 5 atom stereocenters. The highest BCUT2D eigenvalue weighted by Crippen LogP contribution is 2.46. The molecule has 2 aliphatic rings. The SMILES string of the molecule is C=C[C@@]1(OCc2ccccc2)[C@@H]([C@H](O)CO)O[C@@H]2OC(C)(C)O[C@@H]21. The lowest BCUT2D eigenvalue weighted by Gasteiger charge is -2.37. The molecular weight excluding hydrogens is 312 g/mol. The van der Waals surface area contributed by atoms with Crippen LogP contribution in [0.15, 0.2) is 43.0 Å². The normalized spacial score (nSPS) is 35.6. The zero-order valence-corrected chi connectivity index (χ0v) is 13.9. The van der Waals surface area contributed by atoms with Gasteiger partial charge in [0, 0.05) is 0 Å². The molecule has 0 saturated carbocycles. The maximum Gasteiger partial charge on any atom is 0.191 e. The molecule has 24 heavy (non-hydrogen) atoms. The molecule has 1 aromatic rings. The minimum Gasteiger partial charge on any atom is -0.394 e. The van der Waals surface area contributed by atoms with Crippen LogP contribution in [-0.4, -0.2) is 52.8 Å². The third-order valence-electron chi connectivity index (χ3n) is 4.42. The van der Waals surface area contributed by atoms with E-state index in [1.165, 1.54) is 0 Å². The maximum atomic E-state index is 10.2. The standard InChI is InChI=1S/C18H24O6/c1-4-18(21-11-12-8-6-5-7-9-12)14(13(20)10-19)22-16-15(18)23-17(2,3)24-16/h4-9,13-16,19-20H,1,10-11H2,2-3H3/t13-,14-,15+,16-,18-/m1/s1. The smallest absolute Gasteiger partial charge is 0.191 e. The zero-order valence-electron chi connectivity index (χ0n) is 13.9. The van der Waals surface area contributed by atoms with Gasteiger partial charge in [-0.2, -0.15) is 0 Å². The third-order valence-corrected chi connectivity index (χ3v) is 4.42. The summed E-state index contributed by atoms with van der Waals surface area (Å²) < 4.78 is 23.7. The molecule has 3 rings (SSSR count). The summed E-state index contributed by atoms with van der Waals surface area (Å²) in [4.78, 5) is 0. The van der Waals surface area contributed by atoms with Gasteiger partial charge in [0.1, 0.15) is 23.9 Å². The quantitative estimate of drug-likeness (QED) is 0.764. The molecule has 132 valence electrons. The lowest BCUT2D eigenvalue weighted by Crippen LogP contribution is -2.54. The number of ether oxygens (including phenoxy) is 4. The molecule has 0 bridgehead atoms. The van der Waals surface area contributed by atoms with Crippen LogP contribution in [0.3, 0.4) is 0 Å². The third kappa shape index (κ3) is 3.01. The van der Waals surface area contributed by atoms with Gasteiger partial charge in [-0.25, -0.2) is 0 Å². The van der Waals surface area contributed by atoms with Gasteiger partial charge in [-0.15, -0.1) is 6.58 Å². The van der Waals surface area contributed by atoms with Crippen molar-refractivity contribution < 1.29 is 29.2 Å². The molecule has 0 amide bonds. The lowest BCUT2D eigenvalue weighted by atomic mass is 9.89. The Balaban J connectivity index is 1.88. The summed E-state index contributed by atoms with van der Waals surface area (Å²) in [6, 6.07) is 9.66. The van der Waals surface area contributed by atoms with Crippen LogP contribution in [-0.2, 0) is 25.6 Å². The summed E-state index contributed by atoms with van der Waals surface area (Å²) in [6.07, 6.45) is -1.68. The molecule has 1 aromatic carbocycles. The molecule has 0 unspecified atom stereocenters. The minimum absolute atomic E-state index is 0.290. The van der Waals surface area contributed by atoms with E-state index in [-0.39, 0.29) is 6.61 Å². The average Bonchev–Trinajstić information content (AvgIpc) is 3.04. The van der Waals surface area contributed by atoms with Crippen molar-refractivity contribution in [3.05, 3.63) is 48.6 Å². The highest BCUT2D eigenvalue weighted by molar-refractivity contribution is 5.19. The number of hydrogen-bond acceptors (Lipinski definition) is 6. The molecule has 0 spiro atoms. The van der Waals surface area contributed by atoms with E-state index in [1.54, 1.807) is 19.9 Å². The van der Waals surface area contributed by atoms with E-state index < -0.39 is 42.6 Å². The number of aliphatic hydroxyl groups is 2. The van der Waals surface area contributed by atoms with E-state index >= 15 is 0 Å². The van der Waals surface area contributed by atoms with E-state index in [9.17, 15) is 10.2 Å². The second kappa shape index (κ2) is 6.55. The fraction of sp³-hybridized carbons (Fsp3) is 0.556. The van der Waals surface area contributed by atoms with Gasteiger partial charge in [0.2, 0.25) is 0 Å². The Hall–Kier alpha value is -1.28. The molecule has 0 radical (unpaired) electrons. The number of aliphatic hydroxyl groups excluding tert-OH is 2. The molecule has 2 fully saturated rings. The number of hydrogen-bond donors (Lipinski definition) is 2. The summed E-state index contributed by atoms with van der Waals surface area (Å²) in [7, 11) is 0. The predicted molar refractivity (Wildman–Crippen MR) is 85.9 cm³/mol. The number of rotatable bonds is 6. The molecule has 2 aliphatic heterocycles. The van der Waals surface area contributed by atoms with Gasteiger partial charge in [0.15, 0.2) is 12.1 Å². The molecule has 0 aromatic heterocycles. The lowest BCUT2D eigenvalue weighted by molar-refractivity contribution is -0.244. The molecule has 6 heteroatoms. The second-order valence-electron chi connectivity index (χ2n) is 6.56. The molecule has 2 saturated heterocycles. The van der Waals surface area contributed by atoms with Gasteiger partial charge in [-0.1, -0.05) is 36.4 Å². The largest absolute Gasteiger partial charge is 0.394 e. The van der Waals surface area contributed by atoms with Crippen LogP contribution in [0.1, 0.15) is 19.4 Å². The highest BCUT2D eigenvalue weighted by Gasteiger charge is 2.64. The van der Waals surface area contributed by atoms with Gasteiger partial charge in [-0.3, -0.25) is 0 Å². The first-order valence-corrected chi connectivity index (χ1v) is 8.03. The first-order chi connectivity index (χ1) is 11.4. The molecular formula is C18H24O6. The van der Waals surface area contributed by atoms with Crippen molar-refractivity contribution in [1.29, 1.82) is 0 Å². The first-order valence-electron chi connectivity index (χ1n) is 8.03. The van der Waals surface area contributed by atoms with Crippen LogP contribution in [0.4, 0.5) is 0 Å². The molecule has 6 nitrogen and oxygen atoms in total. The summed E-state index contributed by atoms with van der Waals surface area (Å²) in [5.41, 5.74) is -0.159. The van der Waals surface area contributed by atoms with Crippen molar-refractivity contribution in [1.82, 2.24) is 0 Å². The second-order valence-corrected chi connectivity index (χ2v) is 6.56. The highest BCUT2D eigenvalue weighted by atomic mass is 16.8. The van der Waals surface area contributed by atoms with Crippen LogP contribution < -0.4 is 0 Å². The Morgan fingerprint density at radius 2 is 2.00 bits per heavy atom. The molecule has 0 aliphatic carbocycles. The van der Waals surface area contributed by atoms with Crippen LogP contribution in [0.5, 0.6) is 0 Å². The Morgan fingerprint density at radius 1 is 1.29 bits per heavy atom. The van der Waals surface area contributed by atoms with Crippen molar-refractivity contribution >= 4 is 0 Å². The summed E-state index contributed by atoms with van der Waals surface area (Å²) >= 11 is 0. The Labute approximate surface area is 141 Å². The van der Waals surface area contributed by atoms with Crippen LogP contribution in [0, 0.1) is 0 Å². The minimum atomic E-state index is -1.14. The number of fused-ring (bicyclic) bond motifs is 1. The van der Waals surface area contributed by atoms with Gasteiger partial charge in [0.25, 0.3) is 0 Å². The fourth-order valence-corrected chi connectivity index (χ4v) is 3.27. The van der Waals surface area contributed by atoms with E-state index in [0.717, 1.165) is 5.56 Å². The van der Waals surface area contributed by atoms with Gasteiger partial charge >= 0.3 is 0 Å². The maximum absolute atomic E-state index is 10.2. The summed E-state index contributed by atoms with van der Waals surface area (Å²) in [6.45, 7) is 7.28. The summed E-state index contributed by atoms with van der Waals surface area (Å²) in [5, 5.41) is 19.6. The fourth-order valence-electron chi connectivity index (χ4n) is 3.27. The van der Waals surface area contributed by atoms with Gasteiger partial charge in [-0.05, 0) is 19.4 Å². The van der Waals surface area contributed by atoms with Crippen molar-refractivity contribution in [3.8, 4) is 0 Å². The Kier molecular flexibility index (Phi) is 4.79. The van der Waals surface area contributed by atoms with Crippen molar-refractivity contribution in [2.24, 2.45) is 0 Å². The van der Waals surface area contributed by atoms with E-state index in [4.69, 9.17) is 18.9 Å². The van der Waals surface area contributed by atoms with E-state index in [1.807, 2.05) is 30.3 Å². The average molecular weight is 336 g/mol. The first kappa shape index (κ1) is 17.5. The Bertz CT molecular complexity index is 574. The zero-order chi connectivity index (χ0) is 17.4. The topological polar surface area (TPSA) is 77.4 Å². The van der Waals surface area contributed by atoms with Crippen molar-refractivity contribution in [2.75, 3.05) is 6.61 Å². The molecule has 2 heterocycles. The van der Waals surface area contributed by atoms with Gasteiger partial charge < -0.3 is 29.2 Å². The monoisotopic (exact) mass is 336 g/mol. The van der Waals surface area contributed by atoms with Gasteiger partial charge in [0.05, 0.1) is 13.2 Å². The van der Waals surface area contributed by atoms with E-state index in [2.05, 4.69) is 6.58 Å².